The molecule has 0 spiro atoms. The molecule has 1 aromatic carbocycles. The van der Waals surface area contributed by atoms with E-state index in [1.54, 1.807) is 0 Å². The second kappa shape index (κ2) is 6.05. The summed E-state index contributed by atoms with van der Waals surface area (Å²) in [5, 5.41) is 13.8. The van der Waals surface area contributed by atoms with Gasteiger partial charge in [0, 0.05) is 25.4 Å². The Morgan fingerprint density at radius 1 is 1.33 bits per heavy atom. The van der Waals surface area contributed by atoms with Gasteiger partial charge in [0.15, 0.2) is 0 Å². The molecule has 4 N–H and O–H groups in total. The summed E-state index contributed by atoms with van der Waals surface area (Å²) >= 11 is 0. The number of carbonyl (C=O) groups is 1. The van der Waals surface area contributed by atoms with Crippen molar-refractivity contribution in [3.05, 3.63) is 46.8 Å². The second-order valence-corrected chi connectivity index (χ2v) is 5.40. The molecule has 0 bridgehead atoms. The van der Waals surface area contributed by atoms with E-state index in [0.29, 0.717) is 19.5 Å². The first kappa shape index (κ1) is 13.8. The van der Waals surface area contributed by atoms with Gasteiger partial charge in [0.05, 0.1) is 11.4 Å². The molecule has 1 atom stereocenters. The number of nitrogens with zero attached hydrogens (tertiary/aromatic N) is 2. The number of aryl methyl sites for hydroxylation is 1. The highest BCUT2D eigenvalue weighted by atomic mass is 16.1. The lowest BCUT2D eigenvalue weighted by Crippen LogP contribution is -2.33. The van der Waals surface area contributed by atoms with Crippen LogP contribution in [0.1, 0.15) is 28.9 Å². The number of nitrogens with one attached hydrogen (secondary N) is 2. The lowest BCUT2D eigenvalue weighted by atomic mass is 9.89. The quantitative estimate of drug-likeness (QED) is 0.769. The van der Waals surface area contributed by atoms with Crippen molar-refractivity contribution >= 4 is 5.91 Å². The number of benzene rings is 1. The monoisotopic (exact) mass is 285 g/mol. The van der Waals surface area contributed by atoms with E-state index in [4.69, 9.17) is 5.73 Å². The predicted molar refractivity (Wildman–Crippen MR) is 78.1 cm³/mol. The maximum Gasteiger partial charge on any atom is 0.223 e. The molecule has 0 fully saturated rings. The average Bonchev–Trinajstić information content (AvgIpc) is 3.00. The molecule has 1 aromatic heterocycles. The normalized spacial score (nSPS) is 17.3. The van der Waals surface area contributed by atoms with Gasteiger partial charge in [-0.1, -0.05) is 24.3 Å². The fourth-order valence-electron chi connectivity index (χ4n) is 2.71. The number of fused-ring (bicyclic) bond motifs is 1. The summed E-state index contributed by atoms with van der Waals surface area (Å²) in [5.74, 6) is 0.0714. The Labute approximate surface area is 123 Å². The minimum absolute atomic E-state index is 0.0136. The third-order valence-electron chi connectivity index (χ3n) is 3.94. The molecule has 0 saturated heterocycles. The molecule has 21 heavy (non-hydrogen) atoms. The minimum atomic E-state index is -0.0136. The highest BCUT2D eigenvalue weighted by molar-refractivity contribution is 5.79. The average molecular weight is 285 g/mol. The van der Waals surface area contributed by atoms with E-state index in [9.17, 15) is 4.79 Å². The number of aromatic nitrogens is 3. The molecule has 1 aliphatic rings. The Morgan fingerprint density at radius 2 is 2.14 bits per heavy atom. The zero-order valence-corrected chi connectivity index (χ0v) is 11.8. The summed E-state index contributed by atoms with van der Waals surface area (Å²) in [5.41, 5.74) is 9.69. The number of amides is 1. The lowest BCUT2D eigenvalue weighted by Gasteiger charge is -2.19. The van der Waals surface area contributed by atoms with Crippen LogP contribution in [0.5, 0.6) is 0 Å². The fourth-order valence-corrected chi connectivity index (χ4v) is 2.71. The SMILES string of the molecule is NCc1cccc(CNC(=O)C2CCc3n[nH]nc3C2)c1. The Balaban J connectivity index is 1.57. The van der Waals surface area contributed by atoms with E-state index in [-0.39, 0.29) is 11.8 Å². The van der Waals surface area contributed by atoms with Gasteiger partial charge in [0.25, 0.3) is 0 Å². The highest BCUT2D eigenvalue weighted by Crippen LogP contribution is 2.22. The predicted octanol–water partition coefficient (Wildman–Crippen LogP) is 0.685. The molecule has 0 radical (unpaired) electrons. The summed E-state index contributed by atoms with van der Waals surface area (Å²) in [4.78, 5) is 12.3. The highest BCUT2D eigenvalue weighted by Gasteiger charge is 2.26. The van der Waals surface area contributed by atoms with Gasteiger partial charge >= 0.3 is 0 Å². The Morgan fingerprint density at radius 3 is 3.00 bits per heavy atom. The molecule has 1 amide bonds. The molecule has 6 nitrogen and oxygen atoms in total. The van der Waals surface area contributed by atoms with Gasteiger partial charge in [-0.2, -0.15) is 15.4 Å². The van der Waals surface area contributed by atoms with Crippen LogP contribution in [0.15, 0.2) is 24.3 Å². The number of nitrogens with two attached hydrogens (primary N) is 1. The van der Waals surface area contributed by atoms with Crippen molar-refractivity contribution in [1.29, 1.82) is 0 Å². The topological polar surface area (TPSA) is 96.7 Å². The van der Waals surface area contributed by atoms with Gasteiger partial charge in [-0.15, -0.1) is 0 Å². The lowest BCUT2D eigenvalue weighted by molar-refractivity contribution is -0.125. The van der Waals surface area contributed by atoms with E-state index in [1.807, 2.05) is 24.3 Å². The Hall–Kier alpha value is -2.21. The molecular weight excluding hydrogens is 266 g/mol. The number of hydrogen-bond acceptors (Lipinski definition) is 4. The maximum atomic E-state index is 12.3. The molecule has 3 rings (SSSR count). The van der Waals surface area contributed by atoms with Gasteiger partial charge in [-0.3, -0.25) is 4.79 Å². The molecule has 1 heterocycles. The third-order valence-corrected chi connectivity index (χ3v) is 3.94. The number of H-pyrrole nitrogens is 1. The first-order valence-electron chi connectivity index (χ1n) is 7.20. The summed E-state index contributed by atoms with van der Waals surface area (Å²) < 4.78 is 0. The first-order valence-corrected chi connectivity index (χ1v) is 7.20. The van der Waals surface area contributed by atoms with E-state index >= 15 is 0 Å². The summed E-state index contributed by atoms with van der Waals surface area (Å²) in [7, 11) is 0. The van der Waals surface area contributed by atoms with Crippen LogP contribution in [0.2, 0.25) is 0 Å². The minimum Gasteiger partial charge on any atom is -0.352 e. The molecule has 6 heteroatoms. The van der Waals surface area contributed by atoms with Crippen LogP contribution >= 0.6 is 0 Å². The van der Waals surface area contributed by atoms with Crippen LogP contribution in [0.25, 0.3) is 0 Å². The van der Waals surface area contributed by atoms with E-state index in [2.05, 4.69) is 20.7 Å². The van der Waals surface area contributed by atoms with E-state index < -0.39 is 0 Å². The van der Waals surface area contributed by atoms with E-state index in [0.717, 1.165) is 35.4 Å². The van der Waals surface area contributed by atoms with Crippen molar-refractivity contribution in [3.63, 3.8) is 0 Å². The van der Waals surface area contributed by atoms with Crippen LogP contribution in [0.3, 0.4) is 0 Å². The summed E-state index contributed by atoms with van der Waals surface area (Å²) in [6.07, 6.45) is 2.31. The summed E-state index contributed by atoms with van der Waals surface area (Å²) in [6, 6.07) is 7.97. The van der Waals surface area contributed by atoms with Crippen LogP contribution in [0, 0.1) is 5.92 Å². The van der Waals surface area contributed by atoms with Gasteiger partial charge in [0.2, 0.25) is 5.91 Å². The molecular formula is C15H19N5O. The Kier molecular flexibility index (Phi) is 3.96. The Bertz CT molecular complexity index is 636. The molecule has 1 unspecified atom stereocenters. The van der Waals surface area contributed by atoms with Crippen molar-refractivity contribution in [2.75, 3.05) is 0 Å². The van der Waals surface area contributed by atoms with Crippen LogP contribution in [-0.2, 0) is 30.7 Å². The van der Waals surface area contributed by atoms with Crippen molar-refractivity contribution in [3.8, 4) is 0 Å². The largest absolute Gasteiger partial charge is 0.352 e. The molecule has 0 aliphatic heterocycles. The molecule has 0 saturated carbocycles. The van der Waals surface area contributed by atoms with Gasteiger partial charge in [-0.05, 0) is 24.0 Å². The fraction of sp³-hybridized carbons (Fsp3) is 0.400. The van der Waals surface area contributed by atoms with Crippen molar-refractivity contribution in [2.24, 2.45) is 11.7 Å². The van der Waals surface area contributed by atoms with Gasteiger partial charge in [0.1, 0.15) is 0 Å². The summed E-state index contributed by atoms with van der Waals surface area (Å²) in [6.45, 7) is 1.05. The smallest absolute Gasteiger partial charge is 0.223 e. The van der Waals surface area contributed by atoms with Gasteiger partial charge in [-0.25, -0.2) is 0 Å². The van der Waals surface area contributed by atoms with Crippen LogP contribution < -0.4 is 11.1 Å². The van der Waals surface area contributed by atoms with Crippen molar-refractivity contribution < 1.29 is 4.79 Å². The second-order valence-electron chi connectivity index (χ2n) is 5.40. The number of rotatable bonds is 4. The van der Waals surface area contributed by atoms with E-state index in [1.165, 1.54) is 0 Å². The number of aromatic amines is 1. The van der Waals surface area contributed by atoms with Gasteiger partial charge < -0.3 is 11.1 Å². The third kappa shape index (κ3) is 3.11. The zero-order chi connectivity index (χ0) is 14.7. The zero-order valence-electron chi connectivity index (χ0n) is 11.8. The molecule has 1 aliphatic carbocycles. The standard InChI is InChI=1S/C15H19N5O/c16-8-10-2-1-3-11(6-10)9-17-15(21)12-4-5-13-14(7-12)19-20-18-13/h1-3,6,12H,4-5,7-9,16H2,(H,17,21)(H,18,19,20). The van der Waals surface area contributed by atoms with Crippen LogP contribution in [-0.4, -0.2) is 21.3 Å². The molecule has 2 aromatic rings. The number of hydrogen-bond donors (Lipinski definition) is 3. The van der Waals surface area contributed by atoms with Crippen LogP contribution in [0.4, 0.5) is 0 Å². The van der Waals surface area contributed by atoms with Crippen molar-refractivity contribution in [1.82, 2.24) is 20.7 Å². The van der Waals surface area contributed by atoms with Crippen molar-refractivity contribution in [2.45, 2.75) is 32.4 Å². The number of carbonyl (C=O) groups excluding carboxylic acids is 1. The maximum absolute atomic E-state index is 12.3. The first-order chi connectivity index (χ1) is 10.3. The molecule has 110 valence electrons.